The molecule has 0 fully saturated rings. The number of hydrogen-bond donors (Lipinski definition) is 1. The van der Waals surface area contributed by atoms with Gasteiger partial charge in [0.25, 0.3) is 0 Å². The largest absolute Gasteiger partial charge is 0.493 e. The maximum atomic E-state index is 10.2. The third-order valence-corrected chi connectivity index (χ3v) is 3.21. The molecule has 0 aliphatic heterocycles. The molecule has 1 aromatic rings. The number of hydrogen-bond acceptors (Lipinski definition) is 3. The van der Waals surface area contributed by atoms with Crippen LogP contribution in [0.15, 0.2) is 12.1 Å². The van der Waals surface area contributed by atoms with Gasteiger partial charge >= 0.3 is 0 Å². The van der Waals surface area contributed by atoms with Crippen LogP contribution in [0.2, 0.25) is 5.02 Å². The molecule has 0 radical (unpaired) electrons. The van der Waals surface area contributed by atoms with Crippen LogP contribution in [0.1, 0.15) is 38.4 Å². The molecule has 0 heterocycles. The van der Waals surface area contributed by atoms with E-state index >= 15 is 0 Å². The highest BCUT2D eigenvalue weighted by Crippen LogP contribution is 2.37. The minimum atomic E-state index is -0.570. The summed E-state index contributed by atoms with van der Waals surface area (Å²) in [6.07, 6.45) is 1.07. The van der Waals surface area contributed by atoms with Crippen LogP contribution in [-0.4, -0.2) is 19.3 Å². The quantitative estimate of drug-likeness (QED) is 0.855. The summed E-state index contributed by atoms with van der Waals surface area (Å²) in [5.41, 5.74) is 0.690. The summed E-state index contributed by atoms with van der Waals surface area (Å²) in [5.74, 6) is 1.71. The summed E-state index contributed by atoms with van der Waals surface area (Å²) >= 11 is 6.15. The number of ether oxygens (including phenoxy) is 2. The van der Waals surface area contributed by atoms with Crippen molar-refractivity contribution in [3.63, 3.8) is 0 Å². The van der Waals surface area contributed by atoms with Gasteiger partial charge in [0.05, 0.1) is 25.3 Å². The minimum Gasteiger partial charge on any atom is -0.493 e. The summed E-state index contributed by atoms with van der Waals surface area (Å²) in [7, 11) is 3.12. The lowest BCUT2D eigenvalue weighted by Gasteiger charge is -2.16. The predicted octanol–water partition coefficient (Wildman–Crippen LogP) is 3.83. The van der Waals surface area contributed by atoms with Gasteiger partial charge in [-0.2, -0.15) is 0 Å². The number of aliphatic hydroxyl groups excluding tert-OH is 1. The second kappa shape index (κ2) is 6.86. The van der Waals surface area contributed by atoms with Crippen molar-refractivity contribution >= 4 is 11.6 Å². The zero-order valence-corrected chi connectivity index (χ0v) is 12.1. The van der Waals surface area contributed by atoms with E-state index in [4.69, 9.17) is 21.1 Å². The van der Waals surface area contributed by atoms with Gasteiger partial charge in [0.2, 0.25) is 0 Å². The average Bonchev–Trinajstić information content (AvgIpc) is 2.35. The molecule has 3 nitrogen and oxygen atoms in total. The van der Waals surface area contributed by atoms with Gasteiger partial charge in [-0.3, -0.25) is 0 Å². The van der Waals surface area contributed by atoms with Gasteiger partial charge in [-0.1, -0.05) is 25.4 Å². The maximum absolute atomic E-state index is 10.2. The molecule has 102 valence electrons. The first-order valence-electron chi connectivity index (χ1n) is 6.09. The topological polar surface area (TPSA) is 38.7 Å². The molecule has 0 saturated heterocycles. The van der Waals surface area contributed by atoms with E-state index in [9.17, 15) is 5.11 Å². The first-order chi connectivity index (χ1) is 8.49. The highest BCUT2D eigenvalue weighted by Gasteiger charge is 2.16. The van der Waals surface area contributed by atoms with Gasteiger partial charge in [0.15, 0.2) is 11.5 Å². The van der Waals surface area contributed by atoms with Crippen molar-refractivity contribution in [2.45, 2.75) is 32.8 Å². The zero-order valence-electron chi connectivity index (χ0n) is 11.4. The molecule has 4 heteroatoms. The average molecular weight is 273 g/mol. The summed E-state index contributed by atoms with van der Waals surface area (Å²) in [5, 5.41) is 10.7. The van der Waals surface area contributed by atoms with Crippen LogP contribution in [0.3, 0.4) is 0 Å². The van der Waals surface area contributed by atoms with Crippen LogP contribution < -0.4 is 9.47 Å². The van der Waals surface area contributed by atoms with E-state index < -0.39 is 6.10 Å². The molecular weight excluding hydrogens is 252 g/mol. The van der Waals surface area contributed by atoms with Gasteiger partial charge in [-0.05, 0) is 24.8 Å². The summed E-state index contributed by atoms with van der Waals surface area (Å²) in [6.45, 7) is 4.26. The highest BCUT2D eigenvalue weighted by atomic mass is 35.5. The monoisotopic (exact) mass is 272 g/mol. The predicted molar refractivity (Wildman–Crippen MR) is 73.6 cm³/mol. The molecule has 0 aromatic heterocycles. The van der Waals surface area contributed by atoms with Gasteiger partial charge in [0.1, 0.15) is 0 Å². The van der Waals surface area contributed by atoms with Crippen molar-refractivity contribution in [2.24, 2.45) is 5.92 Å². The molecule has 1 atom stereocenters. The van der Waals surface area contributed by atoms with Crippen LogP contribution in [-0.2, 0) is 0 Å². The first-order valence-corrected chi connectivity index (χ1v) is 6.46. The Morgan fingerprint density at radius 3 is 2.17 bits per heavy atom. The second-order valence-corrected chi connectivity index (χ2v) is 5.12. The number of aliphatic hydroxyl groups is 1. The molecule has 0 saturated carbocycles. The lowest BCUT2D eigenvalue weighted by Crippen LogP contribution is -2.02. The smallest absolute Gasteiger partial charge is 0.162 e. The van der Waals surface area contributed by atoms with E-state index in [0.717, 1.165) is 6.42 Å². The van der Waals surface area contributed by atoms with Crippen LogP contribution in [0.4, 0.5) is 0 Å². The molecule has 0 aliphatic carbocycles. The minimum absolute atomic E-state index is 0.504. The molecule has 1 aromatic carbocycles. The molecule has 0 aliphatic rings. The van der Waals surface area contributed by atoms with E-state index in [1.54, 1.807) is 26.4 Å². The normalized spacial score (nSPS) is 12.6. The fourth-order valence-electron chi connectivity index (χ4n) is 1.77. The SMILES string of the molecule is COc1cc(Cl)c(C(O)CCC(C)C)cc1OC. The lowest BCUT2D eigenvalue weighted by molar-refractivity contribution is 0.159. The van der Waals surface area contributed by atoms with Crippen LogP contribution in [0.5, 0.6) is 11.5 Å². The Hall–Kier alpha value is -0.930. The van der Waals surface area contributed by atoms with E-state index in [0.29, 0.717) is 34.4 Å². The Kier molecular flexibility index (Phi) is 5.76. The van der Waals surface area contributed by atoms with Crippen LogP contribution in [0, 0.1) is 5.92 Å². The Bertz CT molecular complexity index is 391. The standard InChI is InChI=1S/C14H21ClO3/c1-9(2)5-6-12(16)10-7-13(17-3)14(18-4)8-11(10)15/h7-9,12,16H,5-6H2,1-4H3. The number of methoxy groups -OCH3 is 2. The van der Waals surface area contributed by atoms with Crippen LogP contribution >= 0.6 is 11.6 Å². The summed E-state index contributed by atoms with van der Waals surface area (Å²) < 4.78 is 10.4. The van der Waals surface area contributed by atoms with Gasteiger partial charge in [-0.25, -0.2) is 0 Å². The van der Waals surface area contributed by atoms with E-state index in [2.05, 4.69) is 13.8 Å². The van der Waals surface area contributed by atoms with Crippen molar-refractivity contribution in [1.82, 2.24) is 0 Å². The number of benzene rings is 1. The lowest BCUT2D eigenvalue weighted by atomic mass is 9.99. The van der Waals surface area contributed by atoms with Crippen molar-refractivity contribution in [3.8, 4) is 11.5 Å². The van der Waals surface area contributed by atoms with Crippen molar-refractivity contribution in [3.05, 3.63) is 22.7 Å². The van der Waals surface area contributed by atoms with E-state index in [1.807, 2.05) is 0 Å². The third kappa shape index (κ3) is 3.79. The first kappa shape index (κ1) is 15.1. The van der Waals surface area contributed by atoms with Crippen molar-refractivity contribution in [2.75, 3.05) is 14.2 Å². The Balaban J connectivity index is 2.94. The Morgan fingerprint density at radius 1 is 1.11 bits per heavy atom. The third-order valence-electron chi connectivity index (χ3n) is 2.88. The second-order valence-electron chi connectivity index (χ2n) is 4.72. The molecule has 18 heavy (non-hydrogen) atoms. The molecule has 0 amide bonds. The van der Waals surface area contributed by atoms with Crippen molar-refractivity contribution < 1.29 is 14.6 Å². The van der Waals surface area contributed by atoms with Gasteiger partial charge in [0, 0.05) is 11.6 Å². The number of rotatable bonds is 6. The van der Waals surface area contributed by atoms with Gasteiger partial charge in [-0.15, -0.1) is 0 Å². The number of halogens is 1. The maximum Gasteiger partial charge on any atom is 0.162 e. The summed E-state index contributed by atoms with van der Waals surface area (Å²) in [6, 6.07) is 3.42. The van der Waals surface area contributed by atoms with E-state index in [1.165, 1.54) is 0 Å². The zero-order chi connectivity index (χ0) is 13.7. The Morgan fingerprint density at radius 2 is 1.67 bits per heavy atom. The van der Waals surface area contributed by atoms with Crippen molar-refractivity contribution in [1.29, 1.82) is 0 Å². The molecular formula is C14H21ClO3. The molecule has 1 unspecified atom stereocenters. The molecule has 1 rings (SSSR count). The van der Waals surface area contributed by atoms with E-state index in [-0.39, 0.29) is 0 Å². The fourth-order valence-corrected chi connectivity index (χ4v) is 2.05. The van der Waals surface area contributed by atoms with Crippen LogP contribution in [0.25, 0.3) is 0 Å². The summed E-state index contributed by atoms with van der Waals surface area (Å²) in [4.78, 5) is 0. The highest BCUT2D eigenvalue weighted by molar-refractivity contribution is 6.31. The van der Waals surface area contributed by atoms with Gasteiger partial charge < -0.3 is 14.6 Å². The molecule has 0 bridgehead atoms. The molecule has 0 spiro atoms. The fraction of sp³-hybridized carbons (Fsp3) is 0.571. The molecule has 1 N–H and O–H groups in total. The Labute approximate surface area is 114 Å².